The van der Waals surface area contributed by atoms with Crippen molar-refractivity contribution in [3.63, 3.8) is 0 Å². The number of rotatable bonds is 5. The summed E-state index contributed by atoms with van der Waals surface area (Å²) in [6, 6.07) is 6.08. The highest BCUT2D eigenvalue weighted by atomic mass is 16.1. The van der Waals surface area contributed by atoms with Crippen LogP contribution in [0.1, 0.15) is 68.6 Å². The Morgan fingerprint density at radius 1 is 1.24 bits per heavy atom. The maximum Gasteiger partial charge on any atom is 0.258 e. The van der Waals surface area contributed by atoms with Crippen molar-refractivity contribution in [2.75, 3.05) is 13.1 Å². The van der Waals surface area contributed by atoms with E-state index in [4.69, 9.17) is 0 Å². The zero-order valence-corrected chi connectivity index (χ0v) is 18.0. The Bertz CT molecular complexity index is 1090. The zero-order valence-electron chi connectivity index (χ0n) is 18.0. The number of pyridine rings is 1. The molecule has 2 aromatic heterocycles. The number of hydrogen-bond donors (Lipinski definition) is 2. The minimum Gasteiger partial charge on any atom is -0.322 e. The summed E-state index contributed by atoms with van der Waals surface area (Å²) in [5, 5.41) is 13.8. The maximum atomic E-state index is 13.3. The van der Waals surface area contributed by atoms with Gasteiger partial charge in [0.05, 0.1) is 29.7 Å². The topological polar surface area (TPSA) is 80.9 Å². The van der Waals surface area contributed by atoms with E-state index in [2.05, 4.69) is 73.3 Å². The number of fused-ring (bicyclic) bond motifs is 1. The monoisotopic (exact) mass is 395 g/mol. The normalized spacial score (nSPS) is 16.6. The molecule has 154 valence electrons. The standard InChI is InChI=1S/C22H30N6O/c1-6-22(4,5)28-20(24-25-26-28)19(27-11-7-8-12-27)17-13-16-10-9-14(2)15(3)18(16)23-21(17)29/h9-10,13,19H,6-8,11-12H2,1-5H3,(H,23,29)/p+1/t19-/m0/s1. The fourth-order valence-electron chi connectivity index (χ4n) is 4.37. The quantitative estimate of drug-likeness (QED) is 0.693. The van der Waals surface area contributed by atoms with E-state index in [-0.39, 0.29) is 17.1 Å². The van der Waals surface area contributed by atoms with Crippen LogP contribution >= 0.6 is 0 Å². The largest absolute Gasteiger partial charge is 0.322 e. The fraction of sp³-hybridized carbons (Fsp3) is 0.545. The van der Waals surface area contributed by atoms with E-state index in [0.29, 0.717) is 0 Å². The summed E-state index contributed by atoms with van der Waals surface area (Å²) in [7, 11) is 0. The summed E-state index contributed by atoms with van der Waals surface area (Å²) in [5.74, 6) is 0.780. The van der Waals surface area contributed by atoms with Crippen LogP contribution in [0, 0.1) is 13.8 Å². The zero-order chi connectivity index (χ0) is 20.8. The molecule has 1 aliphatic rings. The van der Waals surface area contributed by atoms with E-state index in [0.717, 1.165) is 60.2 Å². The number of aromatic amines is 1. The molecule has 3 aromatic rings. The molecule has 0 unspecified atom stereocenters. The molecule has 29 heavy (non-hydrogen) atoms. The molecule has 0 aliphatic carbocycles. The first-order chi connectivity index (χ1) is 13.8. The van der Waals surface area contributed by atoms with Gasteiger partial charge in [-0.25, -0.2) is 4.68 Å². The lowest BCUT2D eigenvalue weighted by Crippen LogP contribution is -3.10. The molecule has 0 amide bonds. The first kappa shape index (κ1) is 19.8. The molecule has 0 radical (unpaired) electrons. The number of hydrogen-bond acceptors (Lipinski definition) is 4. The summed E-state index contributed by atoms with van der Waals surface area (Å²) in [4.78, 5) is 17.8. The number of H-pyrrole nitrogens is 1. The van der Waals surface area contributed by atoms with Gasteiger partial charge in [-0.2, -0.15) is 0 Å². The summed E-state index contributed by atoms with van der Waals surface area (Å²) < 4.78 is 1.92. The van der Waals surface area contributed by atoms with Gasteiger partial charge < -0.3 is 9.88 Å². The molecule has 1 saturated heterocycles. The molecule has 1 aromatic carbocycles. The van der Waals surface area contributed by atoms with Crippen LogP contribution in [0.3, 0.4) is 0 Å². The van der Waals surface area contributed by atoms with Crippen LogP contribution in [0.4, 0.5) is 0 Å². The van der Waals surface area contributed by atoms with Gasteiger partial charge >= 0.3 is 0 Å². The van der Waals surface area contributed by atoms with Gasteiger partial charge in [-0.05, 0) is 67.1 Å². The van der Waals surface area contributed by atoms with Crippen LogP contribution < -0.4 is 10.5 Å². The van der Waals surface area contributed by atoms with Crippen molar-refractivity contribution in [3.05, 3.63) is 51.1 Å². The number of quaternary nitrogens is 1. The lowest BCUT2D eigenvalue weighted by atomic mass is 9.98. The number of aromatic nitrogens is 5. The van der Waals surface area contributed by atoms with E-state index in [9.17, 15) is 4.79 Å². The second kappa shape index (κ2) is 7.37. The lowest BCUT2D eigenvalue weighted by molar-refractivity contribution is -0.914. The van der Waals surface area contributed by atoms with Crippen LogP contribution in [-0.2, 0) is 5.54 Å². The first-order valence-electron chi connectivity index (χ1n) is 10.6. The van der Waals surface area contributed by atoms with Gasteiger partial charge in [0.25, 0.3) is 5.56 Å². The van der Waals surface area contributed by atoms with Gasteiger partial charge in [-0.15, -0.1) is 5.10 Å². The molecule has 1 atom stereocenters. The number of benzene rings is 1. The van der Waals surface area contributed by atoms with Gasteiger partial charge in [0.1, 0.15) is 0 Å². The molecule has 0 saturated carbocycles. The van der Waals surface area contributed by atoms with Gasteiger partial charge in [-0.1, -0.05) is 19.1 Å². The summed E-state index contributed by atoms with van der Waals surface area (Å²) >= 11 is 0. The van der Waals surface area contributed by atoms with Crippen LogP contribution in [-0.4, -0.2) is 38.3 Å². The number of tetrazole rings is 1. The van der Waals surface area contributed by atoms with Crippen molar-refractivity contribution in [2.45, 2.75) is 65.5 Å². The first-order valence-corrected chi connectivity index (χ1v) is 10.6. The number of nitrogens with one attached hydrogen (secondary N) is 2. The third-order valence-corrected chi connectivity index (χ3v) is 6.74. The van der Waals surface area contributed by atoms with E-state index >= 15 is 0 Å². The van der Waals surface area contributed by atoms with E-state index < -0.39 is 0 Å². The summed E-state index contributed by atoms with van der Waals surface area (Å²) in [6.07, 6.45) is 3.22. The average molecular weight is 396 g/mol. The van der Waals surface area contributed by atoms with Gasteiger partial charge in [0, 0.05) is 12.8 Å². The van der Waals surface area contributed by atoms with Crippen LogP contribution in [0.25, 0.3) is 10.9 Å². The number of likely N-dealkylation sites (tertiary alicyclic amines) is 1. The van der Waals surface area contributed by atoms with Crippen molar-refractivity contribution in [1.29, 1.82) is 0 Å². The summed E-state index contributed by atoms with van der Waals surface area (Å²) in [6.45, 7) is 12.6. The molecule has 3 heterocycles. The van der Waals surface area contributed by atoms with Gasteiger partial charge in [0.15, 0.2) is 6.04 Å². The SMILES string of the molecule is CCC(C)(C)n1nnnc1[C@H](c1cc2ccc(C)c(C)c2[nH]c1=O)[NH+]1CCCC1. The Morgan fingerprint density at radius 2 is 1.97 bits per heavy atom. The molecule has 4 rings (SSSR count). The van der Waals surface area contributed by atoms with E-state index in [1.807, 2.05) is 4.68 Å². The highest BCUT2D eigenvalue weighted by Crippen LogP contribution is 2.26. The van der Waals surface area contributed by atoms with E-state index in [1.54, 1.807) is 0 Å². The smallest absolute Gasteiger partial charge is 0.258 e. The van der Waals surface area contributed by atoms with Crippen LogP contribution in [0.2, 0.25) is 0 Å². The third kappa shape index (κ3) is 3.37. The molecule has 1 fully saturated rings. The third-order valence-electron chi connectivity index (χ3n) is 6.74. The Hall–Kier alpha value is -2.54. The lowest BCUT2D eigenvalue weighted by Gasteiger charge is -2.29. The highest BCUT2D eigenvalue weighted by molar-refractivity contribution is 5.83. The van der Waals surface area contributed by atoms with Crippen molar-refractivity contribution >= 4 is 10.9 Å². The molecular weight excluding hydrogens is 364 g/mol. The summed E-state index contributed by atoms with van der Waals surface area (Å²) in [5.41, 5.74) is 3.71. The fourth-order valence-corrected chi connectivity index (χ4v) is 4.37. The van der Waals surface area contributed by atoms with Crippen molar-refractivity contribution in [1.82, 2.24) is 25.2 Å². The highest BCUT2D eigenvalue weighted by Gasteiger charge is 2.38. The Balaban J connectivity index is 1.93. The van der Waals surface area contributed by atoms with Gasteiger partial charge in [-0.3, -0.25) is 4.79 Å². The van der Waals surface area contributed by atoms with E-state index in [1.165, 1.54) is 10.5 Å². The Kier molecular flexibility index (Phi) is 5.02. The van der Waals surface area contributed by atoms with Crippen LogP contribution in [0.15, 0.2) is 23.0 Å². The minimum atomic E-state index is -0.215. The van der Waals surface area contributed by atoms with Gasteiger partial charge in [0.2, 0.25) is 5.82 Å². The van der Waals surface area contributed by atoms with Crippen molar-refractivity contribution < 1.29 is 4.90 Å². The number of nitrogens with zero attached hydrogens (tertiary/aromatic N) is 4. The minimum absolute atomic E-state index is 0.0422. The molecule has 0 bridgehead atoms. The number of aryl methyl sites for hydroxylation is 2. The molecule has 2 N–H and O–H groups in total. The Morgan fingerprint density at radius 3 is 2.66 bits per heavy atom. The predicted octanol–water partition coefficient (Wildman–Crippen LogP) is 2.04. The molecular formula is C22H31N6O+. The molecule has 7 nitrogen and oxygen atoms in total. The molecule has 1 aliphatic heterocycles. The maximum absolute atomic E-state index is 13.3. The average Bonchev–Trinajstić information content (AvgIpc) is 3.39. The predicted molar refractivity (Wildman–Crippen MR) is 113 cm³/mol. The second-order valence-corrected chi connectivity index (χ2v) is 8.94. The van der Waals surface area contributed by atoms with Crippen LogP contribution in [0.5, 0.6) is 0 Å². The molecule has 0 spiro atoms. The van der Waals surface area contributed by atoms with Crippen molar-refractivity contribution in [2.24, 2.45) is 0 Å². The second-order valence-electron chi connectivity index (χ2n) is 8.94. The Labute approximate surface area is 171 Å². The van der Waals surface area contributed by atoms with Crippen molar-refractivity contribution in [3.8, 4) is 0 Å². The molecule has 7 heteroatoms.